The van der Waals surface area contributed by atoms with Crippen LogP contribution < -0.4 is 5.73 Å². The summed E-state index contributed by atoms with van der Waals surface area (Å²) < 4.78 is 16.4. The molecule has 1 aliphatic rings. The van der Waals surface area contributed by atoms with E-state index >= 15 is 0 Å². The van der Waals surface area contributed by atoms with Gasteiger partial charge in [-0.3, -0.25) is 4.40 Å². The second-order valence-corrected chi connectivity index (χ2v) is 4.56. The van der Waals surface area contributed by atoms with E-state index in [1.807, 2.05) is 0 Å². The molecule has 2 N–H and O–H groups in total. The van der Waals surface area contributed by atoms with Crippen LogP contribution in [0.4, 0.5) is 10.2 Å². The van der Waals surface area contributed by atoms with E-state index in [0.717, 1.165) is 19.3 Å². The van der Waals surface area contributed by atoms with E-state index < -0.39 is 5.67 Å². The van der Waals surface area contributed by atoms with Gasteiger partial charge in [0, 0.05) is 12.4 Å². The highest BCUT2D eigenvalue weighted by molar-refractivity contribution is 5.58. The number of halogens is 1. The normalized spacial score (nSPS) is 19.6. The van der Waals surface area contributed by atoms with Crippen molar-refractivity contribution in [2.24, 2.45) is 0 Å². The number of nitrogens with two attached hydrogens (primary N) is 1. The van der Waals surface area contributed by atoms with Gasteiger partial charge in [0.25, 0.3) is 0 Å². The molecule has 2 aromatic heterocycles. The summed E-state index contributed by atoms with van der Waals surface area (Å²) in [6.45, 7) is 0. The summed E-state index contributed by atoms with van der Waals surface area (Å²) in [5, 5.41) is 7.89. The molecule has 0 unspecified atom stereocenters. The standard InChI is InChI=1S/C11H14FN5/c12-11(4-2-1-3-5-11)10-16-15-9-8(13)14-6-7-17(9)10/h6-7H,1-5H2,(H2,13,14). The van der Waals surface area contributed by atoms with Gasteiger partial charge in [-0.1, -0.05) is 6.42 Å². The predicted molar refractivity (Wildman–Crippen MR) is 61.1 cm³/mol. The maximum Gasteiger partial charge on any atom is 0.203 e. The number of rotatable bonds is 1. The van der Waals surface area contributed by atoms with Crippen molar-refractivity contribution < 1.29 is 4.39 Å². The zero-order valence-corrected chi connectivity index (χ0v) is 9.43. The maximum atomic E-state index is 14.8. The number of hydrogen-bond acceptors (Lipinski definition) is 4. The third kappa shape index (κ3) is 1.55. The highest BCUT2D eigenvalue weighted by Crippen LogP contribution is 2.39. The zero-order chi connectivity index (χ0) is 11.9. The van der Waals surface area contributed by atoms with Crippen molar-refractivity contribution in [1.29, 1.82) is 0 Å². The molecule has 0 bridgehead atoms. The predicted octanol–water partition coefficient (Wildman–Crippen LogP) is 1.84. The topological polar surface area (TPSA) is 69.1 Å². The van der Waals surface area contributed by atoms with Crippen LogP contribution in [0.5, 0.6) is 0 Å². The van der Waals surface area contributed by atoms with Crippen molar-refractivity contribution in [1.82, 2.24) is 19.6 Å². The first-order valence-corrected chi connectivity index (χ1v) is 5.85. The average molecular weight is 235 g/mol. The van der Waals surface area contributed by atoms with E-state index in [0.29, 0.717) is 24.3 Å². The van der Waals surface area contributed by atoms with Gasteiger partial charge in [-0.15, -0.1) is 10.2 Å². The number of alkyl halides is 1. The van der Waals surface area contributed by atoms with Gasteiger partial charge in [-0.05, 0) is 25.7 Å². The fourth-order valence-electron chi connectivity index (χ4n) is 2.49. The summed E-state index contributed by atoms with van der Waals surface area (Å²) in [5.41, 5.74) is 4.75. The smallest absolute Gasteiger partial charge is 0.203 e. The van der Waals surface area contributed by atoms with E-state index in [2.05, 4.69) is 15.2 Å². The second kappa shape index (κ2) is 3.65. The van der Waals surface area contributed by atoms with Gasteiger partial charge < -0.3 is 5.73 Å². The Morgan fingerprint density at radius 2 is 2.00 bits per heavy atom. The summed E-state index contributed by atoms with van der Waals surface area (Å²) in [4.78, 5) is 3.92. The average Bonchev–Trinajstić information content (AvgIpc) is 2.76. The van der Waals surface area contributed by atoms with Crippen molar-refractivity contribution in [3.05, 3.63) is 18.2 Å². The molecule has 2 heterocycles. The van der Waals surface area contributed by atoms with Gasteiger partial charge in [0.15, 0.2) is 17.3 Å². The van der Waals surface area contributed by atoms with Crippen molar-refractivity contribution in [2.75, 3.05) is 5.73 Å². The fourth-order valence-corrected chi connectivity index (χ4v) is 2.49. The van der Waals surface area contributed by atoms with Gasteiger partial charge in [0.2, 0.25) is 5.65 Å². The van der Waals surface area contributed by atoms with Gasteiger partial charge >= 0.3 is 0 Å². The Morgan fingerprint density at radius 1 is 1.24 bits per heavy atom. The number of nitrogen functional groups attached to an aromatic ring is 1. The van der Waals surface area contributed by atoms with Crippen LogP contribution in [0.2, 0.25) is 0 Å². The molecule has 3 rings (SSSR count). The molecule has 1 fully saturated rings. The van der Waals surface area contributed by atoms with Crippen LogP contribution in [0.15, 0.2) is 12.4 Å². The molecule has 1 aliphatic carbocycles. The maximum absolute atomic E-state index is 14.8. The minimum atomic E-state index is -1.37. The van der Waals surface area contributed by atoms with Crippen LogP contribution in [-0.4, -0.2) is 19.6 Å². The van der Waals surface area contributed by atoms with Gasteiger partial charge in [-0.2, -0.15) is 0 Å². The SMILES string of the molecule is Nc1nccn2c(C3(F)CCCCC3)nnc12. The summed E-state index contributed by atoms with van der Waals surface area (Å²) in [6, 6.07) is 0. The third-order valence-corrected chi connectivity index (χ3v) is 3.40. The Balaban J connectivity index is 2.14. The Morgan fingerprint density at radius 3 is 2.76 bits per heavy atom. The Kier molecular flexibility index (Phi) is 2.24. The van der Waals surface area contributed by atoms with E-state index in [1.54, 1.807) is 16.8 Å². The van der Waals surface area contributed by atoms with Crippen molar-refractivity contribution >= 4 is 11.5 Å². The van der Waals surface area contributed by atoms with Gasteiger partial charge in [-0.25, -0.2) is 9.37 Å². The molecule has 17 heavy (non-hydrogen) atoms. The Labute approximate surface area is 97.9 Å². The molecular formula is C11H14FN5. The van der Waals surface area contributed by atoms with Crippen LogP contribution in [0.25, 0.3) is 5.65 Å². The second-order valence-electron chi connectivity index (χ2n) is 4.56. The molecule has 2 aromatic rings. The number of fused-ring (bicyclic) bond motifs is 1. The molecule has 0 amide bonds. The van der Waals surface area contributed by atoms with Crippen LogP contribution in [-0.2, 0) is 5.67 Å². The fraction of sp³-hybridized carbons (Fsp3) is 0.545. The zero-order valence-electron chi connectivity index (χ0n) is 9.43. The highest BCUT2D eigenvalue weighted by Gasteiger charge is 2.38. The van der Waals surface area contributed by atoms with Crippen LogP contribution >= 0.6 is 0 Å². The highest BCUT2D eigenvalue weighted by atomic mass is 19.1. The molecule has 0 spiro atoms. The van der Waals surface area contributed by atoms with Crippen LogP contribution in [0.3, 0.4) is 0 Å². The van der Waals surface area contributed by atoms with Crippen molar-refractivity contribution in [2.45, 2.75) is 37.8 Å². The molecule has 6 heteroatoms. The molecule has 90 valence electrons. The summed E-state index contributed by atoms with van der Waals surface area (Å²) in [6.07, 6.45) is 7.11. The Hall–Kier alpha value is -1.72. The van der Waals surface area contributed by atoms with E-state index in [1.165, 1.54) is 0 Å². The first-order chi connectivity index (χ1) is 8.21. The minimum Gasteiger partial charge on any atom is -0.381 e. The molecule has 0 atom stereocenters. The minimum absolute atomic E-state index is 0.283. The first-order valence-electron chi connectivity index (χ1n) is 5.85. The van der Waals surface area contributed by atoms with Crippen molar-refractivity contribution in [3.63, 3.8) is 0 Å². The largest absolute Gasteiger partial charge is 0.381 e. The molecule has 0 saturated heterocycles. The molecule has 5 nitrogen and oxygen atoms in total. The Bertz CT molecular complexity index is 544. The molecule has 0 radical (unpaired) electrons. The number of aromatic nitrogens is 4. The van der Waals surface area contributed by atoms with Crippen LogP contribution in [0, 0.1) is 0 Å². The molecule has 0 aliphatic heterocycles. The van der Waals surface area contributed by atoms with E-state index in [-0.39, 0.29) is 5.82 Å². The van der Waals surface area contributed by atoms with Crippen molar-refractivity contribution in [3.8, 4) is 0 Å². The molecular weight excluding hydrogens is 221 g/mol. The lowest BCUT2D eigenvalue weighted by molar-refractivity contribution is 0.0939. The third-order valence-electron chi connectivity index (χ3n) is 3.40. The van der Waals surface area contributed by atoms with Gasteiger partial charge in [0.05, 0.1) is 0 Å². The summed E-state index contributed by atoms with van der Waals surface area (Å²) >= 11 is 0. The quantitative estimate of drug-likeness (QED) is 0.818. The summed E-state index contributed by atoms with van der Waals surface area (Å²) in [7, 11) is 0. The summed E-state index contributed by atoms with van der Waals surface area (Å²) in [5.74, 6) is 0.645. The van der Waals surface area contributed by atoms with E-state index in [4.69, 9.17) is 5.73 Å². The van der Waals surface area contributed by atoms with E-state index in [9.17, 15) is 4.39 Å². The molecule has 0 aromatic carbocycles. The first kappa shape index (κ1) is 10.4. The number of anilines is 1. The van der Waals surface area contributed by atoms with Crippen LogP contribution in [0.1, 0.15) is 37.9 Å². The van der Waals surface area contributed by atoms with Gasteiger partial charge in [0.1, 0.15) is 0 Å². The number of hydrogen-bond donors (Lipinski definition) is 1. The lowest BCUT2D eigenvalue weighted by Crippen LogP contribution is -2.26. The molecule has 1 saturated carbocycles. The lowest BCUT2D eigenvalue weighted by Gasteiger charge is -2.27. The monoisotopic (exact) mass is 235 g/mol. The lowest BCUT2D eigenvalue weighted by atomic mass is 9.86. The number of nitrogens with zero attached hydrogens (tertiary/aromatic N) is 4.